The van der Waals surface area contributed by atoms with Crippen LogP contribution < -0.4 is 5.32 Å². The summed E-state index contributed by atoms with van der Waals surface area (Å²) in [4.78, 5) is 23.3. The predicted octanol–water partition coefficient (Wildman–Crippen LogP) is 3.47. The molecule has 2 N–H and O–H groups in total. The zero-order chi connectivity index (χ0) is 18.4. The smallest absolute Gasteiger partial charge is 0.335 e. The van der Waals surface area contributed by atoms with E-state index in [1.165, 1.54) is 12.1 Å². The summed E-state index contributed by atoms with van der Waals surface area (Å²) >= 11 is 5.90. The monoisotopic (exact) mass is 361 g/mol. The van der Waals surface area contributed by atoms with Crippen LogP contribution in [-0.2, 0) is 16.0 Å². The van der Waals surface area contributed by atoms with Crippen molar-refractivity contribution in [2.24, 2.45) is 0 Å². The van der Waals surface area contributed by atoms with Gasteiger partial charge in [-0.05, 0) is 42.3 Å². The molecule has 2 atom stereocenters. The first kappa shape index (κ1) is 19.0. The Morgan fingerprint density at radius 2 is 1.88 bits per heavy atom. The van der Waals surface area contributed by atoms with E-state index in [0.717, 1.165) is 5.56 Å². The maximum Gasteiger partial charge on any atom is 0.335 e. The molecule has 1 amide bonds. The van der Waals surface area contributed by atoms with Crippen molar-refractivity contribution < 1.29 is 19.4 Å². The van der Waals surface area contributed by atoms with Crippen LogP contribution in [0.5, 0.6) is 0 Å². The zero-order valence-corrected chi connectivity index (χ0v) is 14.8. The number of carbonyl (C=O) groups is 2. The number of carboxylic acid groups (broad SMARTS) is 1. The van der Waals surface area contributed by atoms with E-state index in [0.29, 0.717) is 10.6 Å². The fourth-order valence-electron chi connectivity index (χ4n) is 2.66. The van der Waals surface area contributed by atoms with Crippen molar-refractivity contribution in [3.05, 3.63) is 70.2 Å². The maximum atomic E-state index is 12.3. The van der Waals surface area contributed by atoms with Crippen molar-refractivity contribution in [1.29, 1.82) is 0 Å². The summed E-state index contributed by atoms with van der Waals surface area (Å²) in [5.74, 6) is -1.22. The molecule has 5 nitrogen and oxygen atoms in total. The molecular weight excluding hydrogens is 342 g/mol. The van der Waals surface area contributed by atoms with Gasteiger partial charge >= 0.3 is 5.97 Å². The number of amides is 1. The van der Waals surface area contributed by atoms with E-state index >= 15 is 0 Å². The van der Waals surface area contributed by atoms with Crippen LogP contribution >= 0.6 is 11.6 Å². The normalized spacial score (nSPS) is 13.1. The van der Waals surface area contributed by atoms with Crippen LogP contribution in [0.25, 0.3) is 0 Å². The van der Waals surface area contributed by atoms with Crippen LogP contribution in [0, 0.1) is 0 Å². The molecule has 0 heterocycles. The van der Waals surface area contributed by atoms with Gasteiger partial charge in [-0.1, -0.05) is 35.9 Å². The first-order valence-corrected chi connectivity index (χ1v) is 8.18. The molecule has 0 saturated carbocycles. The standard InChI is InChI=1S/C19H20ClNO4/c1-12(18(25-2)14-6-8-16(20)9-7-14)21-17(22)11-13-4-3-5-15(10-13)19(23)24/h3-10,12,18H,11H2,1-2H3,(H,21,22)(H,23,24). The SMILES string of the molecule is COC(c1ccc(Cl)cc1)C(C)NC(=O)Cc1cccc(C(=O)O)c1. The lowest BCUT2D eigenvalue weighted by Gasteiger charge is -2.24. The molecule has 0 aliphatic rings. The van der Waals surface area contributed by atoms with Gasteiger partial charge in [0.15, 0.2) is 0 Å². The Bertz CT molecular complexity index is 745. The lowest BCUT2D eigenvalue weighted by atomic mass is 10.0. The Hall–Kier alpha value is -2.37. The van der Waals surface area contributed by atoms with Crippen LogP contribution in [0.4, 0.5) is 0 Å². The quantitative estimate of drug-likeness (QED) is 0.791. The number of aromatic carboxylic acids is 1. The summed E-state index contributed by atoms with van der Waals surface area (Å²) in [7, 11) is 1.58. The molecule has 0 spiro atoms. The zero-order valence-electron chi connectivity index (χ0n) is 14.0. The Balaban J connectivity index is 2.02. The number of hydrogen-bond donors (Lipinski definition) is 2. The van der Waals surface area contributed by atoms with Gasteiger partial charge in [-0.3, -0.25) is 4.79 Å². The number of halogens is 1. The van der Waals surface area contributed by atoms with Crippen LogP contribution in [0.3, 0.4) is 0 Å². The molecule has 2 aromatic rings. The second-order valence-electron chi connectivity index (χ2n) is 5.75. The van der Waals surface area contributed by atoms with Crippen molar-refractivity contribution >= 4 is 23.5 Å². The van der Waals surface area contributed by atoms with Crippen molar-refractivity contribution in [3.63, 3.8) is 0 Å². The Morgan fingerprint density at radius 3 is 2.48 bits per heavy atom. The van der Waals surface area contributed by atoms with Crippen molar-refractivity contribution in [3.8, 4) is 0 Å². The van der Waals surface area contributed by atoms with Gasteiger partial charge in [0.25, 0.3) is 0 Å². The summed E-state index contributed by atoms with van der Waals surface area (Å²) in [5, 5.41) is 12.5. The first-order chi connectivity index (χ1) is 11.9. The molecule has 0 bridgehead atoms. The molecule has 0 radical (unpaired) electrons. The van der Waals surface area contributed by atoms with Gasteiger partial charge in [0.2, 0.25) is 5.91 Å². The topological polar surface area (TPSA) is 75.6 Å². The molecule has 0 fully saturated rings. The summed E-state index contributed by atoms with van der Waals surface area (Å²) in [5.41, 5.74) is 1.71. The lowest BCUT2D eigenvalue weighted by Crippen LogP contribution is -2.38. The third-order valence-electron chi connectivity index (χ3n) is 3.83. The van der Waals surface area contributed by atoms with Gasteiger partial charge in [0, 0.05) is 12.1 Å². The number of ether oxygens (including phenoxy) is 1. The average molecular weight is 362 g/mol. The first-order valence-electron chi connectivity index (χ1n) is 7.80. The van der Waals surface area contributed by atoms with E-state index in [9.17, 15) is 9.59 Å². The molecule has 0 saturated heterocycles. The van der Waals surface area contributed by atoms with Crippen molar-refractivity contribution in [2.75, 3.05) is 7.11 Å². The van der Waals surface area contributed by atoms with Crippen LogP contribution in [-0.4, -0.2) is 30.1 Å². The van der Waals surface area contributed by atoms with E-state index in [-0.39, 0.29) is 30.0 Å². The second kappa shape index (κ2) is 8.65. The molecule has 2 rings (SSSR count). The van der Waals surface area contributed by atoms with Gasteiger partial charge in [0.05, 0.1) is 18.0 Å². The van der Waals surface area contributed by atoms with Gasteiger partial charge < -0.3 is 15.2 Å². The number of carboxylic acids is 1. The Morgan fingerprint density at radius 1 is 1.20 bits per heavy atom. The van der Waals surface area contributed by atoms with Gasteiger partial charge in [-0.2, -0.15) is 0 Å². The molecule has 25 heavy (non-hydrogen) atoms. The van der Waals surface area contributed by atoms with Gasteiger partial charge in [0.1, 0.15) is 6.10 Å². The van der Waals surface area contributed by atoms with Crippen molar-refractivity contribution in [2.45, 2.75) is 25.5 Å². The highest BCUT2D eigenvalue weighted by Crippen LogP contribution is 2.22. The number of carbonyl (C=O) groups excluding carboxylic acids is 1. The third-order valence-corrected chi connectivity index (χ3v) is 4.09. The number of nitrogens with one attached hydrogen (secondary N) is 1. The fraction of sp³-hybridized carbons (Fsp3) is 0.263. The minimum atomic E-state index is -1.02. The van der Waals surface area contributed by atoms with Gasteiger partial charge in [-0.25, -0.2) is 4.79 Å². The molecular formula is C19H20ClNO4. The highest BCUT2D eigenvalue weighted by molar-refractivity contribution is 6.30. The molecule has 6 heteroatoms. The molecule has 2 aromatic carbocycles. The third kappa shape index (κ3) is 5.31. The number of benzene rings is 2. The molecule has 2 unspecified atom stereocenters. The van der Waals surface area contributed by atoms with E-state index in [2.05, 4.69) is 5.32 Å². The van der Waals surface area contributed by atoms with E-state index in [1.54, 1.807) is 31.4 Å². The van der Waals surface area contributed by atoms with Crippen LogP contribution in [0.1, 0.15) is 34.5 Å². The molecule has 132 valence electrons. The summed E-state index contributed by atoms with van der Waals surface area (Å²) < 4.78 is 5.50. The highest BCUT2D eigenvalue weighted by atomic mass is 35.5. The molecule has 0 aliphatic carbocycles. The molecule has 0 aromatic heterocycles. The Labute approximate surface area is 151 Å². The van der Waals surface area contributed by atoms with Crippen LogP contribution in [0.15, 0.2) is 48.5 Å². The van der Waals surface area contributed by atoms with Crippen LogP contribution in [0.2, 0.25) is 5.02 Å². The van der Waals surface area contributed by atoms with E-state index in [4.69, 9.17) is 21.4 Å². The van der Waals surface area contributed by atoms with E-state index in [1.807, 2.05) is 19.1 Å². The predicted molar refractivity (Wildman–Crippen MR) is 95.9 cm³/mol. The van der Waals surface area contributed by atoms with Crippen molar-refractivity contribution in [1.82, 2.24) is 5.32 Å². The fourth-order valence-corrected chi connectivity index (χ4v) is 2.79. The number of rotatable bonds is 7. The summed E-state index contributed by atoms with van der Waals surface area (Å²) in [6.07, 6.45) is -0.214. The summed E-state index contributed by atoms with van der Waals surface area (Å²) in [6, 6.07) is 13.3. The largest absolute Gasteiger partial charge is 0.478 e. The minimum absolute atomic E-state index is 0.0997. The minimum Gasteiger partial charge on any atom is -0.478 e. The maximum absolute atomic E-state index is 12.3. The molecule has 0 aliphatic heterocycles. The van der Waals surface area contributed by atoms with Gasteiger partial charge in [-0.15, -0.1) is 0 Å². The second-order valence-corrected chi connectivity index (χ2v) is 6.18. The Kier molecular flexibility index (Phi) is 6.56. The average Bonchev–Trinajstić information content (AvgIpc) is 2.57. The number of methoxy groups -OCH3 is 1. The summed E-state index contributed by atoms with van der Waals surface area (Å²) in [6.45, 7) is 1.86. The number of hydrogen-bond acceptors (Lipinski definition) is 3. The van der Waals surface area contributed by atoms with E-state index < -0.39 is 5.97 Å². The highest BCUT2D eigenvalue weighted by Gasteiger charge is 2.21. The lowest BCUT2D eigenvalue weighted by molar-refractivity contribution is -0.122.